The fourth-order valence-electron chi connectivity index (χ4n) is 1.96. The second-order valence-electron chi connectivity index (χ2n) is 3.86. The highest BCUT2D eigenvalue weighted by atomic mass is 35.5. The van der Waals surface area contributed by atoms with E-state index >= 15 is 0 Å². The monoisotopic (exact) mass is 261 g/mol. The first kappa shape index (κ1) is 10.9. The zero-order valence-corrected chi connectivity index (χ0v) is 9.82. The molecule has 0 saturated heterocycles. The van der Waals surface area contributed by atoms with Crippen molar-refractivity contribution in [3.63, 3.8) is 0 Å². The van der Waals surface area contributed by atoms with Gasteiger partial charge in [-0.2, -0.15) is 5.10 Å². The van der Waals surface area contributed by atoms with E-state index in [9.17, 15) is 4.79 Å². The number of aromatic amines is 2. The number of nitrogens with zero attached hydrogens (tertiary/aromatic N) is 1. The van der Waals surface area contributed by atoms with Crippen LogP contribution in [0.3, 0.4) is 0 Å². The van der Waals surface area contributed by atoms with Crippen molar-refractivity contribution in [3.05, 3.63) is 41.3 Å². The highest BCUT2D eigenvalue weighted by Crippen LogP contribution is 2.34. The van der Waals surface area contributed by atoms with Crippen LogP contribution in [0.2, 0.25) is 5.02 Å². The van der Waals surface area contributed by atoms with E-state index in [1.807, 2.05) is 0 Å². The third-order valence-corrected chi connectivity index (χ3v) is 3.08. The minimum Gasteiger partial charge on any atom is -0.477 e. The van der Waals surface area contributed by atoms with Gasteiger partial charge in [-0.05, 0) is 12.1 Å². The fourth-order valence-corrected chi connectivity index (χ4v) is 2.23. The molecule has 3 aromatic rings. The van der Waals surface area contributed by atoms with E-state index in [0.29, 0.717) is 10.5 Å². The maximum absolute atomic E-state index is 11.0. The van der Waals surface area contributed by atoms with Crippen molar-refractivity contribution in [1.29, 1.82) is 0 Å². The van der Waals surface area contributed by atoms with Gasteiger partial charge < -0.3 is 10.1 Å². The lowest BCUT2D eigenvalue weighted by Crippen LogP contribution is -1.95. The fraction of sp³-hybridized carbons (Fsp3) is 0. The second-order valence-corrected chi connectivity index (χ2v) is 4.27. The molecule has 5 nitrogen and oxygen atoms in total. The Balaban J connectivity index is 2.35. The molecule has 90 valence electrons. The van der Waals surface area contributed by atoms with Crippen molar-refractivity contribution in [2.45, 2.75) is 0 Å². The number of benzene rings is 1. The first-order valence-corrected chi connectivity index (χ1v) is 5.58. The predicted molar refractivity (Wildman–Crippen MR) is 67.8 cm³/mol. The van der Waals surface area contributed by atoms with E-state index in [1.54, 1.807) is 30.6 Å². The summed E-state index contributed by atoms with van der Waals surface area (Å²) >= 11 is 6.17. The van der Waals surface area contributed by atoms with Crippen molar-refractivity contribution < 1.29 is 9.90 Å². The first-order valence-electron chi connectivity index (χ1n) is 5.20. The van der Waals surface area contributed by atoms with Crippen LogP contribution in [-0.2, 0) is 0 Å². The van der Waals surface area contributed by atoms with E-state index in [-0.39, 0.29) is 5.69 Å². The zero-order chi connectivity index (χ0) is 12.7. The van der Waals surface area contributed by atoms with Crippen LogP contribution in [0, 0.1) is 0 Å². The summed E-state index contributed by atoms with van der Waals surface area (Å²) in [6, 6.07) is 5.10. The van der Waals surface area contributed by atoms with E-state index in [0.717, 1.165) is 16.5 Å². The molecule has 3 rings (SSSR count). The summed E-state index contributed by atoms with van der Waals surface area (Å²) < 4.78 is 0. The number of nitrogens with one attached hydrogen (secondary N) is 2. The lowest BCUT2D eigenvalue weighted by molar-refractivity contribution is 0.0691. The molecule has 0 fully saturated rings. The smallest absolute Gasteiger partial charge is 0.352 e. The second kappa shape index (κ2) is 3.89. The number of H-pyrrole nitrogens is 2. The summed E-state index contributed by atoms with van der Waals surface area (Å²) in [5.74, 6) is -1.000. The largest absolute Gasteiger partial charge is 0.477 e. The van der Waals surface area contributed by atoms with Crippen LogP contribution in [0.1, 0.15) is 10.5 Å². The number of carboxylic acid groups (broad SMARTS) is 1. The number of carbonyl (C=O) groups is 1. The molecule has 0 radical (unpaired) electrons. The molecule has 6 heteroatoms. The Labute approximate surface area is 106 Å². The zero-order valence-electron chi connectivity index (χ0n) is 9.07. The Kier molecular flexibility index (Phi) is 2.34. The number of halogens is 1. The SMILES string of the molecule is O=C(O)c1cc2ccc(Cl)c(-c3cn[nH]c3)c2[nH]1. The minimum absolute atomic E-state index is 0.136. The average molecular weight is 262 g/mol. The van der Waals surface area contributed by atoms with Gasteiger partial charge in [-0.1, -0.05) is 17.7 Å². The molecule has 1 aromatic carbocycles. The summed E-state index contributed by atoms with van der Waals surface area (Å²) in [7, 11) is 0. The van der Waals surface area contributed by atoms with Gasteiger partial charge in [-0.15, -0.1) is 0 Å². The number of hydrogen-bond acceptors (Lipinski definition) is 2. The van der Waals surface area contributed by atoms with Crippen LogP contribution in [-0.4, -0.2) is 26.3 Å². The number of fused-ring (bicyclic) bond motifs is 1. The molecule has 0 aliphatic heterocycles. The molecule has 0 saturated carbocycles. The normalized spacial score (nSPS) is 10.9. The van der Waals surface area contributed by atoms with Gasteiger partial charge in [0.1, 0.15) is 5.69 Å². The minimum atomic E-state index is -1.000. The molecule has 0 spiro atoms. The third kappa shape index (κ3) is 1.56. The van der Waals surface area contributed by atoms with Gasteiger partial charge in [-0.25, -0.2) is 4.79 Å². The van der Waals surface area contributed by atoms with Crippen molar-refractivity contribution in [1.82, 2.24) is 15.2 Å². The van der Waals surface area contributed by atoms with Gasteiger partial charge >= 0.3 is 5.97 Å². The van der Waals surface area contributed by atoms with Crippen molar-refractivity contribution >= 4 is 28.5 Å². The highest BCUT2D eigenvalue weighted by Gasteiger charge is 2.14. The molecule has 0 atom stereocenters. The maximum Gasteiger partial charge on any atom is 0.352 e. The molecule has 0 aliphatic carbocycles. The van der Waals surface area contributed by atoms with E-state index in [4.69, 9.17) is 16.7 Å². The summed E-state index contributed by atoms with van der Waals surface area (Å²) in [6.07, 6.45) is 3.35. The standard InChI is InChI=1S/C12H8ClN3O2/c13-8-2-1-6-3-9(12(17)18)16-11(6)10(8)7-4-14-15-5-7/h1-5,16H,(H,14,15)(H,17,18). The summed E-state index contributed by atoms with van der Waals surface area (Å²) in [5.41, 5.74) is 2.39. The first-order chi connectivity index (χ1) is 8.66. The Morgan fingerprint density at radius 1 is 1.39 bits per heavy atom. The highest BCUT2D eigenvalue weighted by molar-refractivity contribution is 6.35. The Morgan fingerprint density at radius 3 is 2.89 bits per heavy atom. The Morgan fingerprint density at radius 2 is 2.22 bits per heavy atom. The van der Waals surface area contributed by atoms with Gasteiger partial charge in [0.2, 0.25) is 0 Å². The van der Waals surface area contributed by atoms with Crippen LogP contribution in [0.15, 0.2) is 30.6 Å². The summed E-state index contributed by atoms with van der Waals surface area (Å²) in [5, 5.41) is 16.9. The van der Waals surface area contributed by atoms with Crippen molar-refractivity contribution in [3.8, 4) is 11.1 Å². The van der Waals surface area contributed by atoms with Gasteiger partial charge in [-0.3, -0.25) is 5.10 Å². The third-order valence-electron chi connectivity index (χ3n) is 2.76. The van der Waals surface area contributed by atoms with E-state index in [1.165, 1.54) is 0 Å². The lowest BCUT2D eigenvalue weighted by Gasteiger charge is -2.03. The molecular formula is C12H8ClN3O2. The number of aromatic nitrogens is 3. The summed E-state index contributed by atoms with van der Waals surface area (Å²) in [4.78, 5) is 13.8. The van der Waals surface area contributed by atoms with E-state index < -0.39 is 5.97 Å². The van der Waals surface area contributed by atoms with Gasteiger partial charge in [0, 0.05) is 22.7 Å². The predicted octanol–water partition coefficient (Wildman–Crippen LogP) is 2.91. The number of aromatic carboxylic acids is 1. The van der Waals surface area contributed by atoms with Gasteiger partial charge in [0.15, 0.2) is 0 Å². The Hall–Kier alpha value is -2.27. The molecular weight excluding hydrogens is 254 g/mol. The van der Waals surface area contributed by atoms with E-state index in [2.05, 4.69) is 15.2 Å². The summed E-state index contributed by atoms with van der Waals surface area (Å²) in [6.45, 7) is 0. The van der Waals surface area contributed by atoms with Gasteiger partial charge in [0.25, 0.3) is 0 Å². The Bertz CT molecular complexity index is 731. The molecule has 0 amide bonds. The number of rotatable bonds is 2. The molecule has 0 bridgehead atoms. The molecule has 2 aromatic heterocycles. The molecule has 0 aliphatic rings. The van der Waals surface area contributed by atoms with Crippen LogP contribution in [0.4, 0.5) is 0 Å². The number of carboxylic acids is 1. The number of hydrogen-bond donors (Lipinski definition) is 3. The average Bonchev–Trinajstić information content (AvgIpc) is 2.96. The molecule has 0 unspecified atom stereocenters. The van der Waals surface area contributed by atoms with Crippen LogP contribution in [0.25, 0.3) is 22.0 Å². The van der Waals surface area contributed by atoms with Crippen molar-refractivity contribution in [2.75, 3.05) is 0 Å². The maximum atomic E-state index is 11.0. The quantitative estimate of drug-likeness (QED) is 0.663. The van der Waals surface area contributed by atoms with Crippen LogP contribution in [0.5, 0.6) is 0 Å². The van der Waals surface area contributed by atoms with Gasteiger partial charge in [0.05, 0.1) is 16.7 Å². The lowest BCUT2D eigenvalue weighted by atomic mass is 10.1. The topological polar surface area (TPSA) is 81.8 Å². The molecule has 2 heterocycles. The molecule has 3 N–H and O–H groups in total. The van der Waals surface area contributed by atoms with Crippen LogP contribution >= 0.6 is 11.6 Å². The van der Waals surface area contributed by atoms with Crippen LogP contribution < -0.4 is 0 Å². The molecule has 18 heavy (non-hydrogen) atoms. The van der Waals surface area contributed by atoms with Crippen molar-refractivity contribution in [2.24, 2.45) is 0 Å².